The monoisotopic (exact) mass is 494 g/mol. The number of halogens is 2. The van der Waals surface area contributed by atoms with Crippen molar-refractivity contribution in [3.8, 4) is 0 Å². The number of rotatable bonds is 10. The molecule has 4 nitrogen and oxygen atoms in total. The van der Waals surface area contributed by atoms with Gasteiger partial charge >= 0.3 is 0 Å². The van der Waals surface area contributed by atoms with Crippen LogP contribution < -0.4 is 5.32 Å². The molecule has 0 spiro atoms. The molecule has 7 heteroatoms. The Labute approximate surface area is 190 Å². The van der Waals surface area contributed by atoms with Gasteiger partial charge < -0.3 is 10.2 Å². The standard InChI is InChI=1S/C23H28BrFN2O2S/c1-4-16(2)26-23(29)17(3)27(13-18-8-7-10-20(24)12-18)22(28)15-30-14-19-9-5-6-11-21(19)25/h5-12,16-17H,4,13-15H2,1-3H3,(H,26,29)/t16-,17-/m1/s1. The summed E-state index contributed by atoms with van der Waals surface area (Å²) in [5.41, 5.74) is 1.50. The molecule has 0 heterocycles. The minimum atomic E-state index is -0.612. The second-order valence-electron chi connectivity index (χ2n) is 7.23. The molecule has 0 saturated heterocycles. The number of thioether (sulfide) groups is 1. The van der Waals surface area contributed by atoms with Crippen molar-refractivity contribution in [3.05, 3.63) is 69.9 Å². The zero-order chi connectivity index (χ0) is 22.1. The van der Waals surface area contributed by atoms with Crippen LogP contribution in [-0.4, -0.2) is 34.6 Å². The number of amides is 2. The van der Waals surface area contributed by atoms with Gasteiger partial charge in [0.25, 0.3) is 0 Å². The molecule has 0 aliphatic carbocycles. The molecular formula is C23H28BrFN2O2S. The number of benzene rings is 2. The lowest BCUT2D eigenvalue weighted by Gasteiger charge is -2.29. The number of carbonyl (C=O) groups excluding carboxylic acids is 2. The molecule has 0 saturated carbocycles. The van der Waals surface area contributed by atoms with Gasteiger partial charge in [0, 0.05) is 22.8 Å². The predicted molar refractivity (Wildman–Crippen MR) is 125 cm³/mol. The van der Waals surface area contributed by atoms with Crippen LogP contribution in [0.3, 0.4) is 0 Å². The molecule has 0 aromatic heterocycles. The Morgan fingerprint density at radius 2 is 1.90 bits per heavy atom. The fourth-order valence-corrected chi connectivity index (χ4v) is 4.17. The van der Waals surface area contributed by atoms with Gasteiger partial charge in [0.15, 0.2) is 0 Å². The molecule has 0 unspecified atom stereocenters. The van der Waals surface area contributed by atoms with E-state index in [1.165, 1.54) is 17.8 Å². The first kappa shape index (κ1) is 24.4. The predicted octanol–water partition coefficient (Wildman–Crippen LogP) is 5.15. The van der Waals surface area contributed by atoms with Crippen LogP contribution in [0.5, 0.6) is 0 Å². The number of nitrogens with one attached hydrogen (secondary N) is 1. The third kappa shape index (κ3) is 7.43. The molecular weight excluding hydrogens is 467 g/mol. The average Bonchev–Trinajstić information content (AvgIpc) is 2.72. The normalized spacial score (nSPS) is 12.8. The van der Waals surface area contributed by atoms with Gasteiger partial charge in [-0.2, -0.15) is 0 Å². The van der Waals surface area contributed by atoms with Crippen molar-refractivity contribution in [1.82, 2.24) is 10.2 Å². The van der Waals surface area contributed by atoms with Gasteiger partial charge in [-0.15, -0.1) is 11.8 Å². The van der Waals surface area contributed by atoms with Crippen molar-refractivity contribution in [2.24, 2.45) is 0 Å². The second-order valence-corrected chi connectivity index (χ2v) is 9.13. The van der Waals surface area contributed by atoms with Gasteiger partial charge in [-0.3, -0.25) is 9.59 Å². The van der Waals surface area contributed by atoms with E-state index in [1.54, 1.807) is 30.0 Å². The van der Waals surface area contributed by atoms with E-state index in [2.05, 4.69) is 21.2 Å². The van der Waals surface area contributed by atoms with Crippen LogP contribution in [-0.2, 0) is 21.9 Å². The van der Waals surface area contributed by atoms with Crippen LogP contribution in [0.1, 0.15) is 38.3 Å². The van der Waals surface area contributed by atoms with Gasteiger partial charge in [-0.25, -0.2) is 4.39 Å². The van der Waals surface area contributed by atoms with Gasteiger partial charge in [0.1, 0.15) is 11.9 Å². The zero-order valence-corrected chi connectivity index (χ0v) is 19.9. The van der Waals surface area contributed by atoms with Crippen LogP contribution in [0, 0.1) is 5.82 Å². The molecule has 1 N–H and O–H groups in total. The smallest absolute Gasteiger partial charge is 0.242 e. The quantitative estimate of drug-likeness (QED) is 0.496. The minimum Gasteiger partial charge on any atom is -0.352 e. The molecule has 162 valence electrons. The van der Waals surface area contributed by atoms with E-state index in [1.807, 2.05) is 38.1 Å². The Balaban J connectivity index is 2.09. The van der Waals surface area contributed by atoms with Crippen LogP contribution >= 0.6 is 27.7 Å². The van der Waals surface area contributed by atoms with Crippen molar-refractivity contribution in [2.75, 3.05) is 5.75 Å². The number of hydrogen-bond acceptors (Lipinski definition) is 3. The highest BCUT2D eigenvalue weighted by molar-refractivity contribution is 9.10. The summed E-state index contributed by atoms with van der Waals surface area (Å²) in [5.74, 6) is -0.0282. The number of carbonyl (C=O) groups is 2. The average molecular weight is 495 g/mol. The number of hydrogen-bond donors (Lipinski definition) is 1. The van der Waals surface area contributed by atoms with E-state index in [9.17, 15) is 14.0 Å². The zero-order valence-electron chi connectivity index (χ0n) is 17.5. The molecule has 2 atom stereocenters. The molecule has 0 bridgehead atoms. The first-order valence-corrected chi connectivity index (χ1v) is 11.9. The Kier molecular flexibility index (Phi) is 9.85. The van der Waals surface area contributed by atoms with Crippen LogP contribution in [0.15, 0.2) is 53.0 Å². The lowest BCUT2D eigenvalue weighted by molar-refractivity contribution is -0.138. The van der Waals surface area contributed by atoms with Crippen molar-refractivity contribution < 1.29 is 14.0 Å². The Morgan fingerprint density at radius 1 is 1.17 bits per heavy atom. The minimum absolute atomic E-state index is 0.0400. The Morgan fingerprint density at radius 3 is 2.57 bits per heavy atom. The largest absolute Gasteiger partial charge is 0.352 e. The van der Waals surface area contributed by atoms with E-state index >= 15 is 0 Å². The molecule has 0 radical (unpaired) electrons. The Bertz CT molecular complexity index is 865. The third-order valence-corrected chi connectivity index (χ3v) is 6.31. The summed E-state index contributed by atoms with van der Waals surface area (Å²) in [6.45, 7) is 6.01. The fourth-order valence-electron chi connectivity index (χ4n) is 2.83. The molecule has 2 rings (SSSR count). The molecule has 2 aromatic rings. The van der Waals surface area contributed by atoms with Gasteiger partial charge in [0.2, 0.25) is 11.8 Å². The highest BCUT2D eigenvalue weighted by Crippen LogP contribution is 2.19. The summed E-state index contributed by atoms with van der Waals surface area (Å²) in [5, 5.41) is 2.95. The summed E-state index contributed by atoms with van der Waals surface area (Å²) in [6, 6.07) is 13.7. The SMILES string of the molecule is CC[C@@H](C)NC(=O)[C@@H](C)N(Cc1cccc(Br)c1)C(=O)CSCc1ccccc1F. The summed E-state index contributed by atoms with van der Waals surface area (Å²) < 4.78 is 14.7. The maximum absolute atomic E-state index is 13.8. The molecule has 0 aliphatic rings. The summed E-state index contributed by atoms with van der Waals surface area (Å²) in [4.78, 5) is 27.3. The lowest BCUT2D eigenvalue weighted by atomic mass is 10.1. The van der Waals surface area contributed by atoms with E-state index < -0.39 is 6.04 Å². The Hall–Kier alpha value is -1.86. The van der Waals surface area contributed by atoms with Crippen molar-refractivity contribution in [3.63, 3.8) is 0 Å². The number of nitrogens with zero attached hydrogens (tertiary/aromatic N) is 1. The first-order valence-electron chi connectivity index (χ1n) is 9.97. The second kappa shape index (κ2) is 12.1. The van der Waals surface area contributed by atoms with E-state index in [0.717, 1.165) is 16.5 Å². The van der Waals surface area contributed by atoms with E-state index in [0.29, 0.717) is 17.9 Å². The van der Waals surface area contributed by atoms with E-state index in [4.69, 9.17) is 0 Å². The maximum Gasteiger partial charge on any atom is 0.242 e. The van der Waals surface area contributed by atoms with Gasteiger partial charge in [-0.05, 0) is 49.6 Å². The van der Waals surface area contributed by atoms with Crippen LogP contribution in [0.2, 0.25) is 0 Å². The van der Waals surface area contributed by atoms with Crippen molar-refractivity contribution >= 4 is 39.5 Å². The lowest BCUT2D eigenvalue weighted by Crippen LogP contribution is -2.50. The maximum atomic E-state index is 13.8. The molecule has 0 aliphatic heterocycles. The summed E-state index contributed by atoms with van der Waals surface area (Å²) in [7, 11) is 0. The van der Waals surface area contributed by atoms with Gasteiger partial charge in [-0.1, -0.05) is 53.2 Å². The topological polar surface area (TPSA) is 49.4 Å². The molecule has 2 amide bonds. The first-order chi connectivity index (χ1) is 14.3. The van der Waals surface area contributed by atoms with Crippen LogP contribution in [0.4, 0.5) is 4.39 Å². The summed E-state index contributed by atoms with van der Waals surface area (Å²) >= 11 is 4.80. The van der Waals surface area contributed by atoms with Crippen LogP contribution in [0.25, 0.3) is 0 Å². The highest BCUT2D eigenvalue weighted by atomic mass is 79.9. The molecule has 2 aromatic carbocycles. The fraction of sp³-hybridized carbons (Fsp3) is 0.391. The van der Waals surface area contributed by atoms with Gasteiger partial charge in [0.05, 0.1) is 5.75 Å². The summed E-state index contributed by atoms with van der Waals surface area (Å²) in [6.07, 6.45) is 0.816. The molecule has 30 heavy (non-hydrogen) atoms. The van der Waals surface area contributed by atoms with Crippen molar-refractivity contribution in [1.29, 1.82) is 0 Å². The highest BCUT2D eigenvalue weighted by Gasteiger charge is 2.26. The van der Waals surface area contributed by atoms with E-state index in [-0.39, 0.29) is 29.4 Å². The van der Waals surface area contributed by atoms with Crippen molar-refractivity contribution in [2.45, 2.75) is 51.6 Å². The molecule has 0 fully saturated rings. The third-order valence-electron chi connectivity index (χ3n) is 4.85.